The van der Waals surface area contributed by atoms with Gasteiger partial charge in [-0.15, -0.1) is 22.7 Å². The molecule has 10 nitrogen and oxygen atoms in total. The summed E-state index contributed by atoms with van der Waals surface area (Å²) in [6.45, 7) is 12.9. The predicted molar refractivity (Wildman–Crippen MR) is 130 cm³/mol. The third-order valence-electron chi connectivity index (χ3n) is 3.08. The average molecular weight is 501 g/mol. The zero-order valence-corrected chi connectivity index (χ0v) is 21.0. The maximum Gasteiger partial charge on any atom is 0.426 e. The Kier molecular flexibility index (Phi) is 10.8. The van der Waals surface area contributed by atoms with Crippen LogP contribution in [0.5, 0.6) is 0 Å². The molecule has 33 heavy (non-hydrogen) atoms. The normalized spacial score (nSPS) is 10.8. The van der Waals surface area contributed by atoms with E-state index < -0.39 is 23.4 Å². The molecule has 2 aromatic rings. The standard InChI is InChI=1S/C15H22N2O5S.C5H6N2OS.CH4/c1-9(18)10-8-23-11(16-10)17(12(19)21-14(2,3)4)13(20)22-15(5,6)7;1-3(8)4-2-9-5(6)7-4;/h8H,1-7H3;2H,1H3,(H2,6,7);1H4. The zero-order valence-electron chi connectivity index (χ0n) is 19.3. The van der Waals surface area contributed by atoms with E-state index in [4.69, 9.17) is 15.2 Å². The van der Waals surface area contributed by atoms with Crippen LogP contribution < -0.4 is 10.6 Å². The number of nitrogen functional groups attached to an aromatic ring is 1. The van der Waals surface area contributed by atoms with E-state index in [1.807, 2.05) is 0 Å². The van der Waals surface area contributed by atoms with Crippen LogP contribution >= 0.6 is 22.7 Å². The molecule has 2 heterocycles. The molecular weight excluding hydrogens is 468 g/mol. The second kappa shape index (κ2) is 11.8. The first-order valence-electron chi connectivity index (χ1n) is 9.44. The van der Waals surface area contributed by atoms with Crippen molar-refractivity contribution >= 4 is 56.7 Å². The lowest BCUT2D eigenvalue weighted by molar-refractivity contribution is 0.0429. The van der Waals surface area contributed by atoms with Gasteiger partial charge in [0.1, 0.15) is 22.6 Å². The number of thiazole rings is 2. The summed E-state index contributed by atoms with van der Waals surface area (Å²) >= 11 is 2.27. The van der Waals surface area contributed by atoms with E-state index in [1.54, 1.807) is 46.9 Å². The molecule has 2 aromatic heterocycles. The fraction of sp³-hybridized carbons (Fsp3) is 0.524. The molecule has 0 aromatic carbocycles. The molecule has 0 saturated heterocycles. The van der Waals surface area contributed by atoms with E-state index in [9.17, 15) is 19.2 Å². The molecule has 2 N–H and O–H groups in total. The SMILES string of the molecule is C.CC(=O)c1csc(N(C(=O)OC(C)(C)C)C(=O)OC(C)(C)C)n1.CC(=O)c1csc(N)n1. The van der Waals surface area contributed by atoms with Crippen LogP contribution in [0.1, 0.15) is 83.8 Å². The highest BCUT2D eigenvalue weighted by Gasteiger charge is 2.34. The number of carbonyl (C=O) groups is 4. The van der Waals surface area contributed by atoms with E-state index in [0.717, 1.165) is 11.3 Å². The van der Waals surface area contributed by atoms with E-state index in [1.165, 1.54) is 30.6 Å². The molecule has 0 saturated carbocycles. The van der Waals surface area contributed by atoms with Crippen molar-refractivity contribution in [2.45, 2.75) is 74.0 Å². The number of hydrogen-bond acceptors (Lipinski definition) is 11. The van der Waals surface area contributed by atoms with Crippen LogP contribution in [0.3, 0.4) is 0 Å². The Balaban J connectivity index is 0.000000856. The molecular formula is C21H32N4O6S2. The number of anilines is 2. The van der Waals surface area contributed by atoms with Crippen molar-refractivity contribution in [3.63, 3.8) is 0 Å². The van der Waals surface area contributed by atoms with Gasteiger partial charge in [0.25, 0.3) is 0 Å². The fourth-order valence-electron chi connectivity index (χ4n) is 1.82. The van der Waals surface area contributed by atoms with Crippen LogP contribution in [0.4, 0.5) is 19.9 Å². The van der Waals surface area contributed by atoms with Crippen molar-refractivity contribution < 1.29 is 28.7 Å². The Morgan fingerprint density at radius 2 is 1.21 bits per heavy atom. The molecule has 184 valence electrons. The highest BCUT2D eigenvalue weighted by molar-refractivity contribution is 7.14. The van der Waals surface area contributed by atoms with E-state index in [0.29, 0.717) is 15.7 Å². The monoisotopic (exact) mass is 500 g/mol. The molecule has 0 fully saturated rings. The van der Waals surface area contributed by atoms with Crippen molar-refractivity contribution in [3.8, 4) is 0 Å². The van der Waals surface area contributed by atoms with Crippen LogP contribution in [0.25, 0.3) is 0 Å². The number of aromatic nitrogens is 2. The van der Waals surface area contributed by atoms with Crippen molar-refractivity contribution in [2.24, 2.45) is 0 Å². The summed E-state index contributed by atoms with van der Waals surface area (Å²) in [7, 11) is 0. The lowest BCUT2D eigenvalue weighted by Gasteiger charge is -2.27. The minimum Gasteiger partial charge on any atom is -0.443 e. The molecule has 0 bridgehead atoms. The molecule has 0 unspecified atom stereocenters. The summed E-state index contributed by atoms with van der Waals surface area (Å²) < 4.78 is 10.5. The second-order valence-electron chi connectivity index (χ2n) is 8.49. The summed E-state index contributed by atoms with van der Waals surface area (Å²) in [5.41, 5.74) is 4.31. The molecule has 0 aliphatic rings. The quantitative estimate of drug-likeness (QED) is 0.534. The van der Waals surface area contributed by atoms with Crippen molar-refractivity contribution in [1.82, 2.24) is 9.97 Å². The van der Waals surface area contributed by atoms with E-state index in [-0.39, 0.29) is 29.8 Å². The third-order valence-corrected chi connectivity index (χ3v) is 4.58. The molecule has 0 atom stereocenters. The number of amides is 2. The smallest absolute Gasteiger partial charge is 0.426 e. The van der Waals surface area contributed by atoms with Crippen molar-refractivity contribution in [2.75, 3.05) is 10.6 Å². The molecule has 0 radical (unpaired) electrons. The molecule has 0 aliphatic carbocycles. The largest absolute Gasteiger partial charge is 0.443 e. The highest BCUT2D eigenvalue weighted by atomic mass is 32.1. The first kappa shape index (κ1) is 30.1. The van der Waals surface area contributed by atoms with Gasteiger partial charge in [-0.25, -0.2) is 19.6 Å². The summed E-state index contributed by atoms with van der Waals surface area (Å²) in [6, 6.07) is 0. The van der Waals surface area contributed by atoms with Gasteiger partial charge in [-0.1, -0.05) is 7.43 Å². The van der Waals surface area contributed by atoms with Gasteiger partial charge in [-0.3, -0.25) is 9.59 Å². The molecule has 0 aliphatic heterocycles. The van der Waals surface area contributed by atoms with Gasteiger partial charge in [0.15, 0.2) is 16.7 Å². The lowest BCUT2D eigenvalue weighted by atomic mass is 10.2. The van der Waals surface area contributed by atoms with Crippen LogP contribution in [-0.2, 0) is 9.47 Å². The molecule has 2 rings (SSSR count). The van der Waals surface area contributed by atoms with Crippen LogP contribution in [0.2, 0.25) is 0 Å². The topological polar surface area (TPSA) is 142 Å². The number of nitrogens with two attached hydrogens (primary N) is 1. The summed E-state index contributed by atoms with van der Waals surface area (Å²) in [5.74, 6) is -0.302. The number of Topliss-reactive ketones (excluding diaryl/α,β-unsaturated/α-hetero) is 2. The second-order valence-corrected chi connectivity index (χ2v) is 10.2. The summed E-state index contributed by atoms with van der Waals surface area (Å²) in [4.78, 5) is 55.1. The minimum absolute atomic E-state index is 0. The van der Waals surface area contributed by atoms with Crippen molar-refractivity contribution in [3.05, 3.63) is 22.1 Å². The molecule has 0 spiro atoms. The van der Waals surface area contributed by atoms with E-state index in [2.05, 4.69) is 9.97 Å². The number of carbonyl (C=O) groups excluding carboxylic acids is 4. The van der Waals surface area contributed by atoms with Gasteiger partial charge in [0.05, 0.1) is 0 Å². The number of imide groups is 1. The Morgan fingerprint density at radius 1 is 0.818 bits per heavy atom. The Hall–Kier alpha value is -2.86. The first-order valence-corrected chi connectivity index (χ1v) is 11.2. The average Bonchev–Trinajstić information content (AvgIpc) is 3.21. The maximum absolute atomic E-state index is 12.4. The predicted octanol–water partition coefficient (Wildman–Crippen LogP) is 5.59. The van der Waals surface area contributed by atoms with Gasteiger partial charge in [-0.05, 0) is 41.5 Å². The third kappa shape index (κ3) is 10.5. The fourth-order valence-corrected chi connectivity index (χ4v) is 3.27. The molecule has 12 heteroatoms. The minimum atomic E-state index is -0.906. The number of ether oxygens (including phenoxy) is 2. The summed E-state index contributed by atoms with van der Waals surface area (Å²) in [5, 5.41) is 3.59. The van der Waals surface area contributed by atoms with Crippen LogP contribution in [0, 0.1) is 0 Å². The van der Waals surface area contributed by atoms with Gasteiger partial charge in [0, 0.05) is 24.6 Å². The lowest BCUT2D eigenvalue weighted by Crippen LogP contribution is -2.43. The number of ketones is 2. The van der Waals surface area contributed by atoms with Gasteiger partial charge in [-0.2, -0.15) is 4.90 Å². The maximum atomic E-state index is 12.4. The number of nitrogens with zero attached hydrogens (tertiary/aromatic N) is 3. The Labute approximate surface area is 202 Å². The highest BCUT2D eigenvalue weighted by Crippen LogP contribution is 2.25. The molecule has 2 amide bonds. The summed E-state index contributed by atoms with van der Waals surface area (Å²) in [6.07, 6.45) is -1.81. The zero-order chi connectivity index (χ0) is 24.9. The van der Waals surface area contributed by atoms with Gasteiger partial charge in [0.2, 0.25) is 5.13 Å². The van der Waals surface area contributed by atoms with Crippen molar-refractivity contribution in [1.29, 1.82) is 0 Å². The van der Waals surface area contributed by atoms with Gasteiger partial charge >= 0.3 is 12.2 Å². The first-order chi connectivity index (χ1) is 14.5. The van der Waals surface area contributed by atoms with Crippen LogP contribution in [0.15, 0.2) is 10.8 Å². The Bertz CT molecular complexity index is 958. The van der Waals surface area contributed by atoms with Gasteiger partial charge < -0.3 is 15.2 Å². The van der Waals surface area contributed by atoms with Crippen LogP contribution in [-0.4, -0.2) is 44.9 Å². The number of hydrogen-bond donors (Lipinski definition) is 1. The number of rotatable bonds is 3. The van der Waals surface area contributed by atoms with E-state index >= 15 is 0 Å². The Morgan fingerprint density at radius 3 is 1.48 bits per heavy atom.